The largest absolute Gasteiger partial charge is 0.449 e. The minimum Gasteiger partial charge on any atom is -0.449 e. The van der Waals surface area contributed by atoms with Gasteiger partial charge in [0, 0.05) is 20.0 Å². The lowest BCUT2D eigenvalue weighted by atomic mass is 9.93. The highest BCUT2D eigenvalue weighted by molar-refractivity contribution is 7.86. The van der Waals surface area contributed by atoms with E-state index in [9.17, 15) is 8.42 Å². The minimum atomic E-state index is -4.01. The first-order chi connectivity index (χ1) is 19.3. The third-order valence-electron chi connectivity index (χ3n) is 7.99. The van der Waals surface area contributed by atoms with Gasteiger partial charge in [0.25, 0.3) is 10.1 Å². The standard InChI is InChI=1S/C33H51NO6SSi/c1-22(19-29-20-38-28(7)34-29)15-14-16-24(3)31(37-11)27(6)30(40-42(12,13)33(8,9)10)21-39-41(35,36)32-25(4)17-23(2)18-26(32)5/h14-20,27,30-31H,21H2,1-13H3/b15-14+,22-19+,24-16+/t27-,30-,31-/m0/s1. The van der Waals surface area contributed by atoms with E-state index in [0.717, 1.165) is 22.4 Å². The molecule has 0 N–H and O–H groups in total. The van der Waals surface area contributed by atoms with Crippen molar-refractivity contribution in [3.05, 3.63) is 76.0 Å². The molecule has 1 aromatic heterocycles. The summed E-state index contributed by atoms with van der Waals surface area (Å²) in [6.45, 7) is 24.1. The highest BCUT2D eigenvalue weighted by Gasteiger charge is 2.42. The zero-order valence-electron chi connectivity index (χ0n) is 27.8. The predicted octanol–water partition coefficient (Wildman–Crippen LogP) is 8.26. The Bertz CT molecular complexity index is 1390. The van der Waals surface area contributed by atoms with Crippen LogP contribution in [-0.4, -0.2) is 47.6 Å². The van der Waals surface area contributed by atoms with Crippen LogP contribution in [0.2, 0.25) is 18.1 Å². The van der Waals surface area contributed by atoms with Gasteiger partial charge in [0.2, 0.25) is 0 Å². The van der Waals surface area contributed by atoms with Crippen molar-refractivity contribution in [2.45, 2.75) is 104 Å². The first kappa shape index (κ1) is 35.9. The fourth-order valence-corrected chi connectivity index (χ4v) is 7.54. The molecule has 2 rings (SSSR count). The number of oxazole rings is 1. The SMILES string of the molecule is CO[C@@H](/C(C)=C/C=C/C(C)=C/c1coc(C)n1)[C@@H](C)[C@H](COS(=O)(=O)c1c(C)cc(C)cc1C)O[Si](C)(C)C(C)(C)C. The lowest BCUT2D eigenvalue weighted by Crippen LogP contribution is -2.49. The summed E-state index contributed by atoms with van der Waals surface area (Å²) >= 11 is 0. The van der Waals surface area contributed by atoms with Gasteiger partial charge in [-0.2, -0.15) is 8.42 Å². The van der Waals surface area contributed by atoms with Gasteiger partial charge in [0.05, 0.1) is 23.7 Å². The van der Waals surface area contributed by atoms with E-state index in [1.165, 1.54) is 0 Å². The summed E-state index contributed by atoms with van der Waals surface area (Å²) in [6.07, 6.45) is 8.72. The van der Waals surface area contributed by atoms with Gasteiger partial charge >= 0.3 is 0 Å². The topological polar surface area (TPSA) is 87.9 Å². The van der Waals surface area contributed by atoms with Crippen LogP contribution in [0.1, 0.15) is 69.8 Å². The fraction of sp³-hybridized carbons (Fsp3) is 0.545. The Morgan fingerprint density at radius 3 is 2.19 bits per heavy atom. The van der Waals surface area contributed by atoms with E-state index in [0.29, 0.717) is 17.0 Å². The van der Waals surface area contributed by atoms with Crippen molar-refractivity contribution in [3.63, 3.8) is 0 Å². The van der Waals surface area contributed by atoms with Crippen molar-refractivity contribution in [2.24, 2.45) is 5.92 Å². The molecule has 0 fully saturated rings. The number of aryl methyl sites for hydroxylation is 4. The molecule has 1 aromatic carbocycles. The van der Waals surface area contributed by atoms with E-state index in [-0.39, 0.29) is 28.6 Å². The Morgan fingerprint density at radius 1 is 1.10 bits per heavy atom. The van der Waals surface area contributed by atoms with Crippen molar-refractivity contribution >= 4 is 24.5 Å². The van der Waals surface area contributed by atoms with Gasteiger partial charge in [-0.3, -0.25) is 4.18 Å². The number of ether oxygens (including phenoxy) is 1. The van der Waals surface area contributed by atoms with Crippen LogP contribution in [0.3, 0.4) is 0 Å². The Hall–Kier alpha value is -2.30. The monoisotopic (exact) mass is 617 g/mol. The van der Waals surface area contributed by atoms with E-state index >= 15 is 0 Å². The first-order valence-corrected chi connectivity index (χ1v) is 18.7. The average Bonchev–Trinajstić information content (AvgIpc) is 3.24. The second-order valence-electron chi connectivity index (χ2n) is 12.8. The summed E-state index contributed by atoms with van der Waals surface area (Å²) < 4.78 is 50.7. The third-order valence-corrected chi connectivity index (χ3v) is 14.1. The number of nitrogens with zero attached hydrogens (tertiary/aromatic N) is 1. The second kappa shape index (κ2) is 14.4. The molecule has 7 nitrogen and oxygen atoms in total. The van der Waals surface area contributed by atoms with E-state index in [2.05, 4.69) is 38.8 Å². The summed E-state index contributed by atoms with van der Waals surface area (Å²) in [5, 5.41) is -0.0730. The molecule has 0 amide bonds. The molecule has 0 unspecified atom stereocenters. The highest BCUT2D eigenvalue weighted by Crippen LogP contribution is 2.39. The summed E-state index contributed by atoms with van der Waals surface area (Å²) in [7, 11) is -4.63. The normalized spacial score (nSPS) is 16.2. The molecule has 0 aliphatic heterocycles. The number of methoxy groups -OCH3 is 1. The van der Waals surface area contributed by atoms with Gasteiger partial charge in [-0.1, -0.05) is 63.6 Å². The highest BCUT2D eigenvalue weighted by atomic mass is 32.2. The number of hydrogen-bond acceptors (Lipinski definition) is 7. The molecule has 0 bridgehead atoms. The first-order valence-electron chi connectivity index (χ1n) is 14.4. The van der Waals surface area contributed by atoms with E-state index in [1.807, 2.05) is 71.1 Å². The van der Waals surface area contributed by atoms with Crippen LogP contribution in [0.5, 0.6) is 0 Å². The Balaban J connectivity index is 2.35. The molecule has 0 spiro atoms. The van der Waals surface area contributed by atoms with Crippen LogP contribution >= 0.6 is 0 Å². The summed E-state index contributed by atoms with van der Waals surface area (Å²) in [5.74, 6) is 0.431. The Labute approximate surface area is 255 Å². The van der Waals surface area contributed by atoms with Gasteiger partial charge in [0.15, 0.2) is 14.2 Å². The maximum atomic E-state index is 13.5. The number of rotatable bonds is 13. The number of benzene rings is 1. The molecule has 2 aromatic rings. The zero-order chi connectivity index (χ0) is 32.0. The molecule has 0 aliphatic rings. The Morgan fingerprint density at radius 2 is 1.69 bits per heavy atom. The molecule has 0 aliphatic carbocycles. The van der Waals surface area contributed by atoms with Crippen molar-refractivity contribution in [3.8, 4) is 0 Å². The molecular formula is C33H51NO6SSi. The maximum absolute atomic E-state index is 13.5. The fourth-order valence-electron chi connectivity index (χ4n) is 4.81. The van der Waals surface area contributed by atoms with Crippen LogP contribution in [0.15, 0.2) is 57.1 Å². The lowest BCUT2D eigenvalue weighted by Gasteiger charge is -2.42. The molecular weight excluding hydrogens is 567 g/mol. The molecule has 9 heteroatoms. The zero-order valence-corrected chi connectivity index (χ0v) is 29.6. The molecule has 234 valence electrons. The van der Waals surface area contributed by atoms with E-state index < -0.39 is 24.5 Å². The molecule has 1 heterocycles. The third kappa shape index (κ3) is 9.61. The van der Waals surface area contributed by atoms with Crippen molar-refractivity contribution in [2.75, 3.05) is 13.7 Å². The van der Waals surface area contributed by atoms with Gasteiger partial charge in [-0.15, -0.1) is 0 Å². The van der Waals surface area contributed by atoms with Crippen molar-refractivity contribution in [1.29, 1.82) is 0 Å². The van der Waals surface area contributed by atoms with Crippen LogP contribution in [0.25, 0.3) is 6.08 Å². The van der Waals surface area contributed by atoms with E-state index in [1.54, 1.807) is 27.2 Å². The minimum absolute atomic E-state index is 0.0730. The van der Waals surface area contributed by atoms with Crippen LogP contribution in [-0.2, 0) is 23.5 Å². The predicted molar refractivity (Wildman–Crippen MR) is 174 cm³/mol. The molecule has 3 atom stereocenters. The van der Waals surface area contributed by atoms with Gasteiger partial charge in [-0.25, -0.2) is 4.98 Å². The molecule has 0 saturated heterocycles. The molecule has 0 radical (unpaired) electrons. The summed E-state index contributed by atoms with van der Waals surface area (Å²) in [6, 6.07) is 3.73. The van der Waals surface area contributed by atoms with Crippen molar-refractivity contribution in [1.82, 2.24) is 4.98 Å². The molecule has 0 saturated carbocycles. The smallest absolute Gasteiger partial charge is 0.297 e. The van der Waals surface area contributed by atoms with Crippen LogP contribution < -0.4 is 0 Å². The number of allylic oxidation sites excluding steroid dienone is 4. The van der Waals surface area contributed by atoms with Gasteiger partial charge in [-0.05, 0) is 81.1 Å². The quantitative estimate of drug-likeness (QED) is 0.127. The summed E-state index contributed by atoms with van der Waals surface area (Å²) in [5.41, 5.74) is 5.14. The lowest BCUT2D eigenvalue weighted by molar-refractivity contribution is 0.000235. The second-order valence-corrected chi connectivity index (χ2v) is 19.2. The average molecular weight is 618 g/mol. The van der Waals surface area contributed by atoms with Gasteiger partial charge < -0.3 is 13.6 Å². The number of hydrogen-bond donors (Lipinski definition) is 0. The summed E-state index contributed by atoms with van der Waals surface area (Å²) in [4.78, 5) is 4.54. The van der Waals surface area contributed by atoms with Crippen molar-refractivity contribution < 1.29 is 26.2 Å². The molecule has 42 heavy (non-hydrogen) atoms. The Kier molecular flexibility index (Phi) is 12.3. The number of aromatic nitrogens is 1. The van der Waals surface area contributed by atoms with Gasteiger partial charge in [0.1, 0.15) is 12.0 Å². The maximum Gasteiger partial charge on any atom is 0.297 e. The van der Waals surface area contributed by atoms with Crippen LogP contribution in [0.4, 0.5) is 0 Å². The van der Waals surface area contributed by atoms with E-state index in [4.69, 9.17) is 17.8 Å². The van der Waals surface area contributed by atoms with Crippen LogP contribution in [0, 0.1) is 33.6 Å².